The van der Waals surface area contributed by atoms with E-state index >= 15 is 0 Å². The summed E-state index contributed by atoms with van der Waals surface area (Å²) in [6, 6.07) is 7.00. The molecule has 5 heteroatoms. The molecule has 3 atom stereocenters. The molecule has 3 nitrogen and oxygen atoms in total. The molecule has 20 heavy (non-hydrogen) atoms. The van der Waals surface area contributed by atoms with Crippen LogP contribution in [0.25, 0.3) is 10.1 Å². The highest BCUT2D eigenvalue weighted by molar-refractivity contribution is 7.17. The summed E-state index contributed by atoms with van der Waals surface area (Å²) >= 11 is 7.85. The number of hydrogen-bond donors (Lipinski definition) is 2. The molecule has 2 saturated heterocycles. The molecule has 1 aromatic carbocycles. The quantitative estimate of drug-likeness (QED) is 0.895. The van der Waals surface area contributed by atoms with E-state index in [1.54, 1.807) is 17.4 Å². The summed E-state index contributed by atoms with van der Waals surface area (Å²) in [7, 11) is 0. The average molecular weight is 307 g/mol. The third-order valence-corrected chi connectivity index (χ3v) is 5.58. The number of thiophene rings is 1. The Morgan fingerprint density at radius 2 is 2.30 bits per heavy atom. The first-order valence-electron chi connectivity index (χ1n) is 6.94. The maximum absolute atomic E-state index is 12.4. The van der Waals surface area contributed by atoms with Crippen LogP contribution in [-0.4, -0.2) is 24.0 Å². The number of amides is 1. The van der Waals surface area contributed by atoms with Gasteiger partial charge in [0, 0.05) is 33.8 Å². The first kappa shape index (κ1) is 12.6. The number of rotatable bonds is 2. The fraction of sp³-hybridized carbons (Fsp3) is 0.400. The summed E-state index contributed by atoms with van der Waals surface area (Å²) in [5.41, 5.74) is 0.660. The zero-order chi connectivity index (χ0) is 13.7. The molecule has 0 spiro atoms. The Kier molecular flexibility index (Phi) is 2.98. The fourth-order valence-corrected chi connectivity index (χ4v) is 4.58. The number of fused-ring (bicyclic) bond motifs is 3. The van der Waals surface area contributed by atoms with Gasteiger partial charge in [0.25, 0.3) is 5.91 Å². The predicted molar refractivity (Wildman–Crippen MR) is 82.7 cm³/mol. The van der Waals surface area contributed by atoms with Crippen LogP contribution in [0.5, 0.6) is 0 Å². The number of nitrogens with one attached hydrogen (secondary N) is 2. The molecule has 2 bridgehead atoms. The van der Waals surface area contributed by atoms with Crippen molar-refractivity contribution in [1.82, 2.24) is 10.6 Å². The molecule has 2 aliphatic rings. The monoisotopic (exact) mass is 306 g/mol. The van der Waals surface area contributed by atoms with Gasteiger partial charge in [0.2, 0.25) is 0 Å². The second kappa shape index (κ2) is 4.72. The van der Waals surface area contributed by atoms with E-state index in [1.807, 2.05) is 17.5 Å². The minimum absolute atomic E-state index is 0.0125. The maximum atomic E-state index is 12.4. The molecule has 104 valence electrons. The van der Waals surface area contributed by atoms with Gasteiger partial charge in [-0.1, -0.05) is 11.6 Å². The van der Waals surface area contributed by atoms with Gasteiger partial charge >= 0.3 is 0 Å². The molecule has 0 radical (unpaired) electrons. The summed E-state index contributed by atoms with van der Waals surface area (Å²) in [5, 5.41) is 10.4. The molecule has 1 aromatic heterocycles. The van der Waals surface area contributed by atoms with E-state index in [0.717, 1.165) is 16.5 Å². The summed E-state index contributed by atoms with van der Waals surface area (Å²) in [4.78, 5) is 12.4. The highest BCUT2D eigenvalue weighted by Crippen LogP contribution is 2.31. The van der Waals surface area contributed by atoms with Crippen molar-refractivity contribution in [3.8, 4) is 0 Å². The Morgan fingerprint density at radius 3 is 3.05 bits per heavy atom. The second-order valence-corrected chi connectivity index (χ2v) is 7.01. The number of hydrogen-bond acceptors (Lipinski definition) is 3. The lowest BCUT2D eigenvalue weighted by atomic mass is 9.95. The zero-order valence-electron chi connectivity index (χ0n) is 10.9. The molecular weight excluding hydrogens is 292 g/mol. The van der Waals surface area contributed by atoms with E-state index in [-0.39, 0.29) is 11.9 Å². The van der Waals surface area contributed by atoms with Gasteiger partial charge in [-0.2, -0.15) is 0 Å². The normalized spacial score (nSPS) is 28.1. The van der Waals surface area contributed by atoms with Crippen molar-refractivity contribution in [3.05, 3.63) is 34.2 Å². The van der Waals surface area contributed by atoms with Crippen LogP contribution in [0.15, 0.2) is 23.6 Å². The summed E-state index contributed by atoms with van der Waals surface area (Å²) in [6.45, 7) is 0. The van der Waals surface area contributed by atoms with Gasteiger partial charge in [-0.15, -0.1) is 11.3 Å². The van der Waals surface area contributed by atoms with Gasteiger partial charge in [0.1, 0.15) is 0 Å². The molecule has 3 heterocycles. The van der Waals surface area contributed by atoms with Crippen LogP contribution in [0.3, 0.4) is 0 Å². The third kappa shape index (κ3) is 2.03. The van der Waals surface area contributed by atoms with Gasteiger partial charge in [-0.25, -0.2) is 0 Å². The lowest BCUT2D eigenvalue weighted by Crippen LogP contribution is -2.42. The van der Waals surface area contributed by atoms with Crippen molar-refractivity contribution in [3.63, 3.8) is 0 Å². The third-order valence-electron chi connectivity index (χ3n) is 4.40. The maximum Gasteiger partial charge on any atom is 0.251 e. The molecule has 0 aliphatic carbocycles. The van der Waals surface area contributed by atoms with E-state index < -0.39 is 0 Å². The van der Waals surface area contributed by atoms with Crippen LogP contribution in [0.4, 0.5) is 0 Å². The van der Waals surface area contributed by atoms with E-state index in [2.05, 4.69) is 10.6 Å². The second-order valence-electron chi connectivity index (χ2n) is 5.65. The molecule has 4 rings (SSSR count). The van der Waals surface area contributed by atoms with Gasteiger partial charge in [-0.3, -0.25) is 4.79 Å². The molecule has 2 aliphatic heterocycles. The van der Waals surface area contributed by atoms with Crippen LogP contribution in [0.1, 0.15) is 29.6 Å². The van der Waals surface area contributed by atoms with E-state index in [1.165, 1.54) is 12.8 Å². The Morgan fingerprint density at radius 1 is 1.40 bits per heavy atom. The predicted octanol–water partition coefficient (Wildman–Crippen LogP) is 3.18. The lowest BCUT2D eigenvalue weighted by Gasteiger charge is -2.21. The Labute approximate surface area is 126 Å². The molecule has 2 N–H and O–H groups in total. The van der Waals surface area contributed by atoms with Crippen molar-refractivity contribution < 1.29 is 4.79 Å². The van der Waals surface area contributed by atoms with E-state index in [0.29, 0.717) is 22.7 Å². The van der Waals surface area contributed by atoms with Crippen LogP contribution < -0.4 is 10.6 Å². The van der Waals surface area contributed by atoms with Crippen molar-refractivity contribution in [2.75, 3.05) is 0 Å². The first-order valence-corrected chi connectivity index (χ1v) is 8.20. The minimum Gasteiger partial charge on any atom is -0.348 e. The topological polar surface area (TPSA) is 41.1 Å². The zero-order valence-corrected chi connectivity index (χ0v) is 12.4. The lowest BCUT2D eigenvalue weighted by molar-refractivity contribution is 0.0931. The highest BCUT2D eigenvalue weighted by Gasteiger charge is 2.39. The number of halogens is 1. The fourth-order valence-electron chi connectivity index (χ4n) is 3.39. The summed E-state index contributed by atoms with van der Waals surface area (Å²) in [6.07, 6.45) is 3.45. The molecule has 2 aromatic rings. The van der Waals surface area contributed by atoms with Crippen molar-refractivity contribution in [1.29, 1.82) is 0 Å². The smallest absolute Gasteiger partial charge is 0.251 e. The van der Waals surface area contributed by atoms with E-state index in [4.69, 9.17) is 11.6 Å². The van der Waals surface area contributed by atoms with Crippen LogP contribution in [-0.2, 0) is 0 Å². The first-order chi connectivity index (χ1) is 9.70. The van der Waals surface area contributed by atoms with Crippen molar-refractivity contribution >= 4 is 38.9 Å². The standard InChI is InChI=1S/C15H15ClN2OS/c16-11-5-8(6-14-10(11)3-4-20-14)15(19)18-13-7-9-1-2-12(13)17-9/h3-6,9,12-13,17H,1-2,7H2,(H,18,19)/t9-,12+,13-/m1/s1. The molecule has 2 fully saturated rings. The Hall–Kier alpha value is -1.10. The Bertz CT molecular complexity index is 684. The van der Waals surface area contributed by atoms with Crippen molar-refractivity contribution in [2.24, 2.45) is 0 Å². The molecule has 0 unspecified atom stereocenters. The Balaban J connectivity index is 1.57. The number of carbonyl (C=O) groups is 1. The SMILES string of the molecule is O=C(N[C@@H]1C[C@H]2CC[C@@H]1N2)c1cc(Cl)c2ccsc2c1. The minimum atomic E-state index is -0.0125. The number of benzene rings is 1. The van der Waals surface area contributed by atoms with Gasteiger partial charge in [-0.05, 0) is 42.8 Å². The highest BCUT2D eigenvalue weighted by atomic mass is 35.5. The van der Waals surface area contributed by atoms with Crippen molar-refractivity contribution in [2.45, 2.75) is 37.4 Å². The van der Waals surface area contributed by atoms with Crippen LogP contribution in [0.2, 0.25) is 5.02 Å². The molecule has 0 saturated carbocycles. The number of carbonyl (C=O) groups excluding carboxylic acids is 1. The van der Waals surface area contributed by atoms with Gasteiger partial charge in [0.05, 0.1) is 5.02 Å². The molecular formula is C15H15ClN2OS. The summed E-state index contributed by atoms with van der Waals surface area (Å²) < 4.78 is 1.06. The molecule has 1 amide bonds. The van der Waals surface area contributed by atoms with E-state index in [9.17, 15) is 4.79 Å². The van der Waals surface area contributed by atoms with Crippen LogP contribution in [0, 0.1) is 0 Å². The average Bonchev–Trinajstić information content (AvgIpc) is 3.13. The largest absolute Gasteiger partial charge is 0.348 e. The van der Waals surface area contributed by atoms with Crippen LogP contribution >= 0.6 is 22.9 Å². The van der Waals surface area contributed by atoms with Gasteiger partial charge < -0.3 is 10.6 Å². The van der Waals surface area contributed by atoms with Gasteiger partial charge in [0.15, 0.2) is 0 Å². The summed E-state index contributed by atoms with van der Waals surface area (Å²) in [5.74, 6) is -0.0125.